The van der Waals surface area contributed by atoms with Crippen LogP contribution in [0.5, 0.6) is 0 Å². The molecular formula is C13H18FN3O2. The Labute approximate surface area is 111 Å². The zero-order valence-corrected chi connectivity index (χ0v) is 10.7. The van der Waals surface area contributed by atoms with Crippen molar-refractivity contribution < 1.29 is 13.9 Å². The van der Waals surface area contributed by atoms with Crippen molar-refractivity contribution in [2.45, 2.75) is 0 Å². The van der Waals surface area contributed by atoms with Gasteiger partial charge in [0.2, 0.25) is 0 Å². The van der Waals surface area contributed by atoms with Gasteiger partial charge in [-0.05, 0) is 18.2 Å². The molecule has 19 heavy (non-hydrogen) atoms. The van der Waals surface area contributed by atoms with Crippen molar-refractivity contribution in [1.29, 1.82) is 0 Å². The van der Waals surface area contributed by atoms with Gasteiger partial charge in [0, 0.05) is 31.9 Å². The average Bonchev–Trinajstić information content (AvgIpc) is 2.39. The third-order valence-corrected chi connectivity index (χ3v) is 3.06. The first-order valence-corrected chi connectivity index (χ1v) is 6.30. The predicted octanol–water partition coefficient (Wildman–Crippen LogP) is 0.470. The molecule has 2 rings (SSSR count). The largest absolute Gasteiger partial charge is 0.399 e. The number of nitrogens with two attached hydrogens (primary N) is 1. The second kappa shape index (κ2) is 6.49. The van der Waals surface area contributed by atoms with Crippen LogP contribution in [0.15, 0.2) is 18.2 Å². The van der Waals surface area contributed by atoms with Crippen molar-refractivity contribution in [3.63, 3.8) is 0 Å². The fourth-order valence-corrected chi connectivity index (χ4v) is 1.96. The zero-order valence-electron chi connectivity index (χ0n) is 10.7. The minimum Gasteiger partial charge on any atom is -0.399 e. The van der Waals surface area contributed by atoms with Crippen molar-refractivity contribution in [3.05, 3.63) is 29.6 Å². The van der Waals surface area contributed by atoms with E-state index in [2.05, 4.69) is 10.2 Å². The summed E-state index contributed by atoms with van der Waals surface area (Å²) in [7, 11) is 0. The Hall–Kier alpha value is -1.66. The lowest BCUT2D eigenvalue weighted by Crippen LogP contribution is -2.41. The van der Waals surface area contributed by atoms with Crippen LogP contribution in [0, 0.1) is 5.82 Å². The van der Waals surface area contributed by atoms with Crippen LogP contribution in [-0.2, 0) is 4.74 Å². The molecule has 1 aliphatic heterocycles. The molecule has 1 saturated heterocycles. The maximum absolute atomic E-state index is 13.5. The Morgan fingerprint density at radius 2 is 2.16 bits per heavy atom. The summed E-state index contributed by atoms with van der Waals surface area (Å²) in [6, 6.07) is 4.06. The standard InChI is InChI=1S/C13H18FN3O2/c14-12-9-10(15)1-2-11(12)13(18)16-3-4-17-5-7-19-8-6-17/h1-2,9H,3-8,15H2,(H,16,18). The van der Waals surface area contributed by atoms with Crippen LogP contribution in [0.4, 0.5) is 10.1 Å². The zero-order chi connectivity index (χ0) is 13.7. The number of hydrogen-bond donors (Lipinski definition) is 2. The van der Waals surface area contributed by atoms with Gasteiger partial charge in [0.1, 0.15) is 5.82 Å². The second-order valence-corrected chi connectivity index (χ2v) is 4.45. The number of anilines is 1. The number of rotatable bonds is 4. The van der Waals surface area contributed by atoms with Crippen molar-refractivity contribution in [2.75, 3.05) is 45.1 Å². The molecule has 0 aromatic heterocycles. The van der Waals surface area contributed by atoms with Gasteiger partial charge < -0.3 is 15.8 Å². The summed E-state index contributed by atoms with van der Waals surface area (Å²) in [6.45, 7) is 4.41. The SMILES string of the molecule is Nc1ccc(C(=O)NCCN2CCOCC2)c(F)c1. The van der Waals surface area contributed by atoms with Crippen LogP contribution < -0.4 is 11.1 Å². The van der Waals surface area contributed by atoms with Crippen molar-refractivity contribution in [2.24, 2.45) is 0 Å². The molecule has 1 amide bonds. The number of carbonyl (C=O) groups excluding carboxylic acids is 1. The summed E-state index contributed by atoms with van der Waals surface area (Å²) in [5.41, 5.74) is 5.77. The van der Waals surface area contributed by atoms with Crippen molar-refractivity contribution in [1.82, 2.24) is 10.2 Å². The number of benzene rings is 1. The van der Waals surface area contributed by atoms with Crippen LogP contribution in [0.3, 0.4) is 0 Å². The van der Waals surface area contributed by atoms with Gasteiger partial charge >= 0.3 is 0 Å². The van der Waals surface area contributed by atoms with Crippen molar-refractivity contribution >= 4 is 11.6 Å². The Kier molecular flexibility index (Phi) is 4.70. The maximum atomic E-state index is 13.5. The van der Waals surface area contributed by atoms with Crippen molar-refractivity contribution in [3.8, 4) is 0 Å². The number of halogens is 1. The Balaban J connectivity index is 1.80. The van der Waals surface area contributed by atoms with E-state index in [1.54, 1.807) is 0 Å². The monoisotopic (exact) mass is 267 g/mol. The number of nitrogens with zero attached hydrogens (tertiary/aromatic N) is 1. The first-order valence-electron chi connectivity index (χ1n) is 6.30. The molecule has 0 radical (unpaired) electrons. The lowest BCUT2D eigenvalue weighted by molar-refractivity contribution is 0.0383. The van der Waals surface area contributed by atoms with Gasteiger partial charge in [-0.2, -0.15) is 0 Å². The summed E-state index contributed by atoms with van der Waals surface area (Å²) in [5, 5.41) is 2.70. The number of hydrogen-bond acceptors (Lipinski definition) is 4. The van der Waals surface area contributed by atoms with E-state index >= 15 is 0 Å². The van der Waals surface area contributed by atoms with Gasteiger partial charge in [0.25, 0.3) is 5.91 Å². The highest BCUT2D eigenvalue weighted by atomic mass is 19.1. The molecule has 0 saturated carbocycles. The molecule has 0 atom stereocenters. The molecule has 1 aromatic carbocycles. The summed E-state index contributed by atoms with van der Waals surface area (Å²) >= 11 is 0. The van der Waals surface area contributed by atoms with Gasteiger partial charge in [-0.3, -0.25) is 9.69 Å². The number of morpholine rings is 1. The van der Waals surface area contributed by atoms with Gasteiger partial charge in [0.15, 0.2) is 0 Å². The number of nitrogen functional groups attached to an aromatic ring is 1. The summed E-state index contributed by atoms with van der Waals surface area (Å²) < 4.78 is 18.7. The van der Waals surface area contributed by atoms with Gasteiger partial charge in [0.05, 0.1) is 18.8 Å². The Morgan fingerprint density at radius 1 is 1.42 bits per heavy atom. The van der Waals surface area contributed by atoms with E-state index in [-0.39, 0.29) is 5.56 Å². The normalized spacial score (nSPS) is 16.3. The highest BCUT2D eigenvalue weighted by molar-refractivity contribution is 5.94. The highest BCUT2D eigenvalue weighted by Crippen LogP contribution is 2.11. The summed E-state index contributed by atoms with van der Waals surface area (Å²) in [5.74, 6) is -1.00. The van der Waals surface area contributed by atoms with E-state index in [9.17, 15) is 9.18 Å². The fourth-order valence-electron chi connectivity index (χ4n) is 1.96. The average molecular weight is 267 g/mol. The Bertz CT molecular complexity index is 448. The van der Waals surface area contributed by atoms with Gasteiger partial charge in [-0.1, -0.05) is 0 Å². The molecule has 0 spiro atoms. The quantitative estimate of drug-likeness (QED) is 0.778. The second-order valence-electron chi connectivity index (χ2n) is 4.45. The topological polar surface area (TPSA) is 67.6 Å². The van der Waals surface area contributed by atoms with E-state index < -0.39 is 11.7 Å². The molecule has 3 N–H and O–H groups in total. The number of carbonyl (C=O) groups is 1. The molecule has 1 aliphatic rings. The molecule has 0 aliphatic carbocycles. The number of nitrogens with one attached hydrogen (secondary N) is 1. The third-order valence-electron chi connectivity index (χ3n) is 3.06. The van der Waals surface area contributed by atoms with E-state index in [1.807, 2.05) is 0 Å². The molecule has 5 nitrogen and oxygen atoms in total. The van der Waals surface area contributed by atoms with E-state index in [4.69, 9.17) is 10.5 Å². The lowest BCUT2D eigenvalue weighted by atomic mass is 10.2. The molecule has 0 unspecified atom stereocenters. The molecule has 104 valence electrons. The van der Waals surface area contributed by atoms with Crippen LogP contribution in [0.25, 0.3) is 0 Å². The first kappa shape index (κ1) is 13.8. The minimum atomic E-state index is -0.594. The summed E-state index contributed by atoms with van der Waals surface area (Å²) in [4.78, 5) is 14.0. The minimum absolute atomic E-state index is 0.0242. The smallest absolute Gasteiger partial charge is 0.254 e. The highest BCUT2D eigenvalue weighted by Gasteiger charge is 2.13. The van der Waals surface area contributed by atoms with Crippen LogP contribution in [0.1, 0.15) is 10.4 Å². The van der Waals surface area contributed by atoms with Crippen LogP contribution in [-0.4, -0.2) is 50.2 Å². The molecule has 1 heterocycles. The molecule has 6 heteroatoms. The van der Waals surface area contributed by atoms with E-state index in [0.717, 1.165) is 38.9 Å². The first-order chi connectivity index (χ1) is 9.16. The molecule has 1 aromatic rings. The maximum Gasteiger partial charge on any atom is 0.254 e. The van der Waals surface area contributed by atoms with Gasteiger partial charge in [-0.15, -0.1) is 0 Å². The van der Waals surface area contributed by atoms with Crippen LogP contribution >= 0.6 is 0 Å². The van der Waals surface area contributed by atoms with E-state index in [1.165, 1.54) is 12.1 Å². The lowest BCUT2D eigenvalue weighted by Gasteiger charge is -2.26. The fraction of sp³-hybridized carbons (Fsp3) is 0.462. The number of ether oxygens (including phenoxy) is 1. The predicted molar refractivity (Wildman–Crippen MR) is 70.4 cm³/mol. The molecule has 0 bridgehead atoms. The molecule has 1 fully saturated rings. The van der Waals surface area contributed by atoms with Crippen LogP contribution in [0.2, 0.25) is 0 Å². The third kappa shape index (κ3) is 3.90. The number of amides is 1. The molecular weight excluding hydrogens is 249 g/mol. The summed E-state index contributed by atoms with van der Waals surface area (Å²) in [6.07, 6.45) is 0. The Morgan fingerprint density at radius 3 is 2.84 bits per heavy atom. The van der Waals surface area contributed by atoms with E-state index in [0.29, 0.717) is 12.2 Å². The van der Waals surface area contributed by atoms with Gasteiger partial charge in [-0.25, -0.2) is 4.39 Å².